The number of rotatable bonds is 5. The van der Waals surface area contributed by atoms with Crippen LogP contribution in [0.3, 0.4) is 0 Å². The molecule has 0 saturated carbocycles. The fraction of sp³-hybridized carbons (Fsp3) is 0.500. The Morgan fingerprint density at radius 3 is 2.65 bits per heavy atom. The van der Waals surface area contributed by atoms with E-state index in [2.05, 4.69) is 26.2 Å². The number of aromatic nitrogens is 4. The Bertz CT molecular complexity index is 783. The van der Waals surface area contributed by atoms with Crippen molar-refractivity contribution in [3.8, 4) is 0 Å². The normalized spacial score (nSPS) is 11.5. The van der Waals surface area contributed by atoms with Gasteiger partial charge in [-0.25, -0.2) is 4.79 Å². The van der Waals surface area contributed by atoms with E-state index in [1.54, 1.807) is 27.7 Å². The number of fused-ring (bicyclic) bond motifs is 1. The molecule has 0 bridgehead atoms. The summed E-state index contributed by atoms with van der Waals surface area (Å²) in [4.78, 5) is 21.7. The number of pyridine rings is 1. The number of nitrogens with one attached hydrogen (secondary N) is 2. The average molecular weight is 323 g/mol. The molecular weight excluding hydrogens is 306 g/mol. The second-order valence-electron chi connectivity index (χ2n) is 5.77. The van der Waals surface area contributed by atoms with Crippen LogP contribution in [0, 0.1) is 24.0 Å². The van der Waals surface area contributed by atoms with Gasteiger partial charge in [-0.2, -0.15) is 4.52 Å². The molecule has 0 radical (unpaired) electrons. The fourth-order valence-corrected chi connectivity index (χ4v) is 2.22. The number of carbonyl (C=O) groups is 1. The number of tetrazole rings is 1. The molecule has 11 nitrogen and oxygen atoms in total. The minimum atomic E-state index is -1.17. The molecule has 0 spiro atoms. The van der Waals surface area contributed by atoms with E-state index in [-0.39, 0.29) is 23.6 Å². The summed E-state index contributed by atoms with van der Waals surface area (Å²) >= 11 is 0. The summed E-state index contributed by atoms with van der Waals surface area (Å²) in [6.45, 7) is 6.94. The van der Waals surface area contributed by atoms with Gasteiger partial charge in [0, 0.05) is 17.8 Å². The van der Waals surface area contributed by atoms with Crippen molar-refractivity contribution in [2.24, 2.45) is 0 Å². The van der Waals surface area contributed by atoms with Crippen LogP contribution in [0.25, 0.3) is 5.65 Å². The summed E-state index contributed by atoms with van der Waals surface area (Å²) < 4.78 is 1.30. The molecule has 2 aromatic heterocycles. The molecule has 2 rings (SSSR count). The van der Waals surface area contributed by atoms with Crippen molar-refractivity contribution in [1.29, 1.82) is 0 Å². The first-order chi connectivity index (χ1) is 10.6. The van der Waals surface area contributed by atoms with Crippen molar-refractivity contribution < 1.29 is 14.8 Å². The number of hydrogen-bond donors (Lipinski definition) is 3. The van der Waals surface area contributed by atoms with Crippen molar-refractivity contribution in [2.45, 2.75) is 33.2 Å². The van der Waals surface area contributed by atoms with E-state index in [1.807, 2.05) is 0 Å². The number of aryl methyl sites for hydroxylation is 1. The quantitative estimate of drug-likeness (QED) is 0.547. The SMILES string of the molecule is Cc1c(NCC(C)(C)NC(=O)O)c([N+](=O)[O-])c2nnnn2c1C. The number of hydrogen-bond acceptors (Lipinski definition) is 7. The minimum Gasteiger partial charge on any atom is -0.465 e. The van der Waals surface area contributed by atoms with Gasteiger partial charge in [-0.3, -0.25) is 10.1 Å². The Labute approximate surface area is 130 Å². The average Bonchev–Trinajstić information content (AvgIpc) is 2.88. The van der Waals surface area contributed by atoms with Crippen LogP contribution in [-0.4, -0.2) is 48.2 Å². The molecule has 11 heteroatoms. The van der Waals surface area contributed by atoms with Crippen LogP contribution < -0.4 is 10.6 Å². The number of nitrogens with zero attached hydrogens (tertiary/aromatic N) is 5. The van der Waals surface area contributed by atoms with Gasteiger partial charge in [-0.15, -0.1) is 5.10 Å². The highest BCUT2D eigenvalue weighted by Gasteiger charge is 2.28. The zero-order chi connectivity index (χ0) is 17.4. The second-order valence-corrected chi connectivity index (χ2v) is 5.77. The maximum atomic E-state index is 11.4. The smallest absolute Gasteiger partial charge is 0.405 e. The molecule has 1 amide bonds. The maximum absolute atomic E-state index is 11.4. The fourth-order valence-electron chi connectivity index (χ4n) is 2.22. The maximum Gasteiger partial charge on any atom is 0.405 e. The van der Waals surface area contributed by atoms with Gasteiger partial charge in [0.15, 0.2) is 0 Å². The predicted molar refractivity (Wildman–Crippen MR) is 80.6 cm³/mol. The van der Waals surface area contributed by atoms with E-state index < -0.39 is 16.6 Å². The van der Waals surface area contributed by atoms with Crippen molar-refractivity contribution in [2.75, 3.05) is 11.9 Å². The Balaban J connectivity index is 2.47. The zero-order valence-corrected chi connectivity index (χ0v) is 13.1. The largest absolute Gasteiger partial charge is 0.465 e. The third kappa shape index (κ3) is 3.12. The zero-order valence-electron chi connectivity index (χ0n) is 13.1. The molecule has 2 heterocycles. The first-order valence-electron chi connectivity index (χ1n) is 6.74. The summed E-state index contributed by atoms with van der Waals surface area (Å²) in [7, 11) is 0. The van der Waals surface area contributed by atoms with E-state index in [0.29, 0.717) is 11.3 Å². The highest BCUT2D eigenvalue weighted by atomic mass is 16.6. The van der Waals surface area contributed by atoms with E-state index in [4.69, 9.17) is 5.11 Å². The molecule has 0 atom stereocenters. The molecule has 124 valence electrons. The highest BCUT2D eigenvalue weighted by Crippen LogP contribution is 2.33. The lowest BCUT2D eigenvalue weighted by atomic mass is 10.1. The van der Waals surface area contributed by atoms with Gasteiger partial charge < -0.3 is 15.7 Å². The van der Waals surface area contributed by atoms with E-state index >= 15 is 0 Å². The lowest BCUT2D eigenvalue weighted by Crippen LogP contribution is -2.47. The first kappa shape index (κ1) is 16.4. The van der Waals surface area contributed by atoms with Crippen molar-refractivity contribution in [3.63, 3.8) is 0 Å². The third-order valence-electron chi connectivity index (χ3n) is 3.49. The van der Waals surface area contributed by atoms with Gasteiger partial charge in [0.05, 0.1) is 10.5 Å². The predicted octanol–water partition coefficient (Wildman–Crippen LogP) is 1.11. The molecular formula is C12H17N7O4. The molecule has 3 N–H and O–H groups in total. The van der Waals surface area contributed by atoms with Crippen molar-refractivity contribution in [3.05, 3.63) is 21.4 Å². The van der Waals surface area contributed by atoms with E-state index in [9.17, 15) is 14.9 Å². The van der Waals surface area contributed by atoms with Crippen LogP contribution >= 0.6 is 0 Å². The molecule has 23 heavy (non-hydrogen) atoms. The summed E-state index contributed by atoms with van der Waals surface area (Å²) in [5.41, 5.74) is 0.506. The Kier molecular flexibility index (Phi) is 4.04. The molecule has 0 unspecified atom stereocenters. The summed E-state index contributed by atoms with van der Waals surface area (Å²) in [5, 5.41) is 36.5. The first-order valence-corrected chi connectivity index (χ1v) is 6.74. The van der Waals surface area contributed by atoms with Gasteiger partial charge in [-0.1, -0.05) is 0 Å². The minimum absolute atomic E-state index is 0.0320. The van der Waals surface area contributed by atoms with Crippen LogP contribution in [0.2, 0.25) is 0 Å². The Morgan fingerprint density at radius 2 is 2.09 bits per heavy atom. The summed E-state index contributed by atoms with van der Waals surface area (Å²) in [6.07, 6.45) is -1.17. The summed E-state index contributed by atoms with van der Waals surface area (Å²) in [5.74, 6) is 0. The Morgan fingerprint density at radius 1 is 1.43 bits per heavy atom. The van der Waals surface area contributed by atoms with Gasteiger partial charge >= 0.3 is 11.8 Å². The lowest BCUT2D eigenvalue weighted by Gasteiger charge is -2.26. The lowest BCUT2D eigenvalue weighted by molar-refractivity contribution is -0.382. The molecule has 0 fully saturated rings. The monoisotopic (exact) mass is 323 g/mol. The molecule has 0 aliphatic rings. The standard InChI is InChI=1S/C12H17N7O4/c1-6-7(2)18-10(15-16-17-18)9(19(22)23)8(6)13-5-12(3,4)14-11(20)21/h13-14H,5H2,1-4H3,(H,20,21). The van der Waals surface area contributed by atoms with Crippen molar-refractivity contribution >= 4 is 23.1 Å². The van der Waals surface area contributed by atoms with Crippen LogP contribution in [0.4, 0.5) is 16.2 Å². The van der Waals surface area contributed by atoms with Crippen LogP contribution in [0.1, 0.15) is 25.1 Å². The molecule has 0 aromatic carbocycles. The number of carboxylic acid groups (broad SMARTS) is 1. The van der Waals surface area contributed by atoms with Crippen LogP contribution in [0.15, 0.2) is 0 Å². The van der Waals surface area contributed by atoms with Crippen LogP contribution in [-0.2, 0) is 0 Å². The van der Waals surface area contributed by atoms with Gasteiger partial charge in [-0.05, 0) is 38.1 Å². The van der Waals surface area contributed by atoms with E-state index in [1.165, 1.54) is 4.52 Å². The molecule has 0 aliphatic heterocycles. The van der Waals surface area contributed by atoms with Gasteiger partial charge in [0.25, 0.3) is 5.65 Å². The van der Waals surface area contributed by atoms with Gasteiger partial charge in [0.1, 0.15) is 5.69 Å². The molecule has 0 aliphatic carbocycles. The van der Waals surface area contributed by atoms with Crippen molar-refractivity contribution in [1.82, 2.24) is 25.4 Å². The highest BCUT2D eigenvalue weighted by molar-refractivity contribution is 5.78. The van der Waals surface area contributed by atoms with E-state index in [0.717, 1.165) is 0 Å². The molecule has 0 saturated heterocycles. The number of anilines is 1. The number of nitro groups is 1. The van der Waals surface area contributed by atoms with Gasteiger partial charge in [0.2, 0.25) is 0 Å². The van der Waals surface area contributed by atoms with Crippen LogP contribution in [0.5, 0.6) is 0 Å². The topological polar surface area (TPSA) is 148 Å². The second kappa shape index (κ2) is 5.66. The number of amides is 1. The molecule has 2 aromatic rings. The summed E-state index contributed by atoms with van der Waals surface area (Å²) in [6, 6.07) is 0. The third-order valence-corrected chi connectivity index (χ3v) is 3.49. The Hall–Kier alpha value is -2.98.